The Kier molecular flexibility index (Phi) is 2.26. The number of piperidine rings is 1. The third kappa shape index (κ3) is 1.56. The van der Waals surface area contributed by atoms with Gasteiger partial charge in [-0.1, -0.05) is 12.1 Å². The molecule has 2 amide bonds. The highest BCUT2D eigenvalue weighted by Gasteiger charge is 2.59. The van der Waals surface area contributed by atoms with Crippen molar-refractivity contribution in [3.63, 3.8) is 0 Å². The van der Waals surface area contributed by atoms with Gasteiger partial charge >= 0.3 is 0 Å². The van der Waals surface area contributed by atoms with Crippen LogP contribution in [0.1, 0.15) is 12.0 Å². The van der Waals surface area contributed by atoms with Crippen LogP contribution in [0.3, 0.4) is 0 Å². The molecule has 17 heavy (non-hydrogen) atoms. The largest absolute Gasteiger partial charge is 0.316 e. The zero-order valence-corrected chi connectivity index (χ0v) is 9.64. The van der Waals surface area contributed by atoms with Gasteiger partial charge in [0.1, 0.15) is 0 Å². The van der Waals surface area contributed by atoms with Gasteiger partial charge in [-0.2, -0.15) is 0 Å². The second-order valence-electron chi connectivity index (χ2n) is 4.66. The summed E-state index contributed by atoms with van der Waals surface area (Å²) >= 11 is 0. The first-order valence-electron chi connectivity index (χ1n) is 5.83. The van der Waals surface area contributed by atoms with Gasteiger partial charge in [0, 0.05) is 6.54 Å². The normalized spacial score (nSPS) is 26.3. The molecule has 2 atom stereocenters. The molecule has 2 fully saturated rings. The number of hydrogen-bond donors (Lipinski definition) is 1. The number of anilines is 1. The van der Waals surface area contributed by atoms with Crippen LogP contribution in [-0.2, 0) is 16.1 Å². The van der Waals surface area contributed by atoms with E-state index in [2.05, 4.69) is 5.32 Å². The first-order valence-corrected chi connectivity index (χ1v) is 5.83. The number of fused-ring (bicyclic) bond motifs is 1. The van der Waals surface area contributed by atoms with Gasteiger partial charge in [-0.15, -0.1) is 0 Å². The molecule has 1 saturated carbocycles. The first-order chi connectivity index (χ1) is 8.22. The van der Waals surface area contributed by atoms with Crippen LogP contribution in [0, 0.1) is 11.8 Å². The molecule has 1 aromatic rings. The van der Waals surface area contributed by atoms with Gasteiger partial charge in [-0.25, -0.2) is 0 Å². The summed E-state index contributed by atoms with van der Waals surface area (Å²) in [4.78, 5) is 25.2. The van der Waals surface area contributed by atoms with Gasteiger partial charge in [-0.05, 0) is 31.2 Å². The summed E-state index contributed by atoms with van der Waals surface area (Å²) in [5.41, 5.74) is 1.78. The van der Waals surface area contributed by atoms with Crippen LogP contribution in [0.5, 0.6) is 0 Å². The molecule has 1 N–H and O–H groups in total. The number of hydrogen-bond acceptors (Lipinski definition) is 3. The number of nitrogens with one attached hydrogen (secondary N) is 1. The Labute approximate surface area is 99.6 Å². The third-order valence-corrected chi connectivity index (χ3v) is 3.42. The zero-order valence-electron chi connectivity index (χ0n) is 9.64. The first kappa shape index (κ1) is 10.5. The Hall–Kier alpha value is -1.68. The highest BCUT2D eigenvalue weighted by atomic mass is 16.2. The minimum Gasteiger partial charge on any atom is -0.316 e. The summed E-state index contributed by atoms with van der Waals surface area (Å²) < 4.78 is 0. The maximum absolute atomic E-state index is 11.9. The van der Waals surface area contributed by atoms with Crippen molar-refractivity contribution in [1.82, 2.24) is 5.32 Å². The smallest absolute Gasteiger partial charge is 0.237 e. The van der Waals surface area contributed by atoms with Crippen molar-refractivity contribution in [2.24, 2.45) is 11.8 Å². The molecule has 4 nitrogen and oxygen atoms in total. The lowest BCUT2D eigenvalue weighted by Gasteiger charge is -2.17. The molecular formula is C13H14N2O2. The Morgan fingerprint density at radius 1 is 1.29 bits per heavy atom. The number of amides is 2. The van der Waals surface area contributed by atoms with E-state index < -0.39 is 0 Å². The van der Waals surface area contributed by atoms with Gasteiger partial charge < -0.3 is 5.32 Å². The summed E-state index contributed by atoms with van der Waals surface area (Å²) in [6, 6.07) is 7.58. The summed E-state index contributed by atoms with van der Waals surface area (Å²) in [6.45, 7) is 0.733. The topological polar surface area (TPSA) is 49.4 Å². The monoisotopic (exact) mass is 230 g/mol. The fourth-order valence-corrected chi connectivity index (χ4v) is 2.45. The van der Waals surface area contributed by atoms with Crippen molar-refractivity contribution in [3.8, 4) is 0 Å². The highest BCUT2D eigenvalue weighted by molar-refractivity contribution is 6.24. The molecule has 2 aliphatic rings. The van der Waals surface area contributed by atoms with E-state index in [0.29, 0.717) is 5.69 Å². The van der Waals surface area contributed by atoms with Gasteiger partial charge in [-0.3, -0.25) is 14.5 Å². The Balaban J connectivity index is 1.91. The van der Waals surface area contributed by atoms with E-state index in [1.165, 1.54) is 4.90 Å². The number of carbonyl (C=O) groups is 2. The predicted molar refractivity (Wildman–Crippen MR) is 63.3 cm³/mol. The van der Waals surface area contributed by atoms with Crippen LogP contribution in [0.25, 0.3) is 0 Å². The molecule has 0 radical (unpaired) electrons. The molecule has 1 aromatic carbocycles. The standard InChI is InChI=1S/C13H14N2O2/c1-14-7-8-3-2-4-9(5-8)15-12(16)10-6-11(10)13(15)17/h2-5,10-11,14H,6-7H2,1H3. The van der Waals surface area contributed by atoms with Crippen LogP contribution in [0.4, 0.5) is 5.69 Å². The lowest BCUT2D eigenvalue weighted by atomic mass is 10.2. The number of rotatable bonds is 3. The molecule has 1 aliphatic carbocycles. The quantitative estimate of drug-likeness (QED) is 0.785. The maximum atomic E-state index is 11.9. The molecule has 4 heteroatoms. The molecular weight excluding hydrogens is 216 g/mol. The lowest BCUT2D eigenvalue weighted by molar-refractivity contribution is -0.123. The van der Waals surface area contributed by atoms with Gasteiger partial charge in [0.2, 0.25) is 11.8 Å². The summed E-state index contributed by atoms with van der Waals surface area (Å²) in [5, 5.41) is 3.05. The average Bonchev–Trinajstić information content (AvgIpc) is 3.05. The Morgan fingerprint density at radius 2 is 2.00 bits per heavy atom. The van der Waals surface area contributed by atoms with Crippen molar-refractivity contribution in [2.75, 3.05) is 11.9 Å². The van der Waals surface area contributed by atoms with E-state index in [0.717, 1.165) is 18.5 Å². The van der Waals surface area contributed by atoms with Crippen molar-refractivity contribution in [2.45, 2.75) is 13.0 Å². The minimum atomic E-state index is -0.0320. The molecule has 1 aliphatic heterocycles. The highest BCUT2D eigenvalue weighted by Crippen LogP contribution is 2.48. The van der Waals surface area contributed by atoms with Crippen LogP contribution in [-0.4, -0.2) is 18.9 Å². The summed E-state index contributed by atoms with van der Waals surface area (Å²) in [5.74, 6) is -0.117. The molecule has 1 heterocycles. The van der Waals surface area contributed by atoms with Crippen LogP contribution in [0.2, 0.25) is 0 Å². The minimum absolute atomic E-state index is 0.0263. The number of imide groups is 1. The van der Waals surface area contributed by atoms with E-state index in [-0.39, 0.29) is 23.7 Å². The number of carbonyl (C=O) groups excluding carboxylic acids is 2. The molecule has 3 rings (SSSR count). The van der Waals surface area contributed by atoms with E-state index in [1.54, 1.807) is 0 Å². The maximum Gasteiger partial charge on any atom is 0.237 e. The molecule has 0 aromatic heterocycles. The summed E-state index contributed by atoms with van der Waals surface area (Å²) in [7, 11) is 1.87. The van der Waals surface area contributed by atoms with Crippen molar-refractivity contribution in [1.29, 1.82) is 0 Å². The second kappa shape index (κ2) is 3.67. The Bertz CT molecular complexity index is 478. The third-order valence-electron chi connectivity index (χ3n) is 3.42. The molecule has 0 bridgehead atoms. The van der Waals surface area contributed by atoms with Gasteiger partial charge in [0.05, 0.1) is 17.5 Å². The fraction of sp³-hybridized carbons (Fsp3) is 0.385. The van der Waals surface area contributed by atoms with E-state index in [1.807, 2.05) is 31.3 Å². The number of nitrogens with zero attached hydrogens (tertiary/aromatic N) is 1. The molecule has 1 saturated heterocycles. The molecule has 0 spiro atoms. The van der Waals surface area contributed by atoms with Crippen LogP contribution >= 0.6 is 0 Å². The number of benzene rings is 1. The zero-order chi connectivity index (χ0) is 12.0. The van der Waals surface area contributed by atoms with Crippen molar-refractivity contribution in [3.05, 3.63) is 29.8 Å². The van der Waals surface area contributed by atoms with Gasteiger partial charge in [0.25, 0.3) is 0 Å². The average molecular weight is 230 g/mol. The predicted octanol–water partition coefficient (Wildman–Crippen LogP) is 0.915. The molecule has 2 unspecified atom stereocenters. The lowest BCUT2D eigenvalue weighted by Crippen LogP contribution is -2.32. The van der Waals surface area contributed by atoms with Crippen LogP contribution in [0.15, 0.2) is 24.3 Å². The van der Waals surface area contributed by atoms with Crippen molar-refractivity contribution < 1.29 is 9.59 Å². The van der Waals surface area contributed by atoms with E-state index >= 15 is 0 Å². The van der Waals surface area contributed by atoms with Gasteiger partial charge in [0.15, 0.2) is 0 Å². The van der Waals surface area contributed by atoms with E-state index in [4.69, 9.17) is 0 Å². The van der Waals surface area contributed by atoms with Crippen molar-refractivity contribution >= 4 is 17.5 Å². The fourth-order valence-electron chi connectivity index (χ4n) is 2.45. The SMILES string of the molecule is CNCc1cccc(N2C(=O)C3CC3C2=O)c1. The second-order valence-corrected chi connectivity index (χ2v) is 4.66. The molecule has 88 valence electrons. The Morgan fingerprint density at radius 3 is 2.65 bits per heavy atom. The van der Waals surface area contributed by atoms with E-state index in [9.17, 15) is 9.59 Å². The summed E-state index contributed by atoms with van der Waals surface area (Å²) in [6.07, 6.45) is 0.754. The van der Waals surface area contributed by atoms with Crippen LogP contribution < -0.4 is 10.2 Å².